The van der Waals surface area contributed by atoms with E-state index >= 15 is 4.39 Å². The lowest BCUT2D eigenvalue weighted by Crippen LogP contribution is -2.43. The number of pyridine rings is 1. The highest BCUT2D eigenvalue weighted by Crippen LogP contribution is 2.37. The fraction of sp³-hybridized carbons (Fsp3) is 0.357. The molecule has 0 amide bonds. The first-order valence-electron chi connectivity index (χ1n) is 13.2. The number of anilines is 1. The lowest BCUT2D eigenvalue weighted by Gasteiger charge is -2.36. The third-order valence-electron chi connectivity index (χ3n) is 7.27. The second-order valence-corrected chi connectivity index (χ2v) is 10.5. The number of halogens is 2. The highest BCUT2D eigenvalue weighted by molar-refractivity contribution is 5.94. The van der Waals surface area contributed by atoms with Crippen LogP contribution in [0.25, 0.3) is 33.7 Å². The Morgan fingerprint density at radius 1 is 0.975 bits per heavy atom. The minimum absolute atomic E-state index is 0.119. The van der Waals surface area contributed by atoms with Crippen LogP contribution in [0.4, 0.5) is 14.7 Å². The smallest absolute Gasteiger partial charge is 0.259 e. The van der Waals surface area contributed by atoms with E-state index in [4.69, 9.17) is 24.2 Å². The predicted molar refractivity (Wildman–Crippen MR) is 141 cm³/mol. The molecule has 2 aliphatic rings. The van der Waals surface area contributed by atoms with Crippen LogP contribution in [-0.4, -0.2) is 54.1 Å². The number of morpholine rings is 1. The number of nitrogens with zero attached hydrogens (tertiary/aromatic N) is 8. The zero-order valence-corrected chi connectivity index (χ0v) is 22.2. The average Bonchev–Trinajstić information content (AvgIpc) is 3.49. The Bertz CT molecular complexity index is 1750. The lowest BCUT2D eigenvalue weighted by atomic mass is 10.0. The second kappa shape index (κ2) is 9.40. The van der Waals surface area contributed by atoms with Crippen LogP contribution in [0, 0.1) is 25.5 Å². The van der Waals surface area contributed by atoms with E-state index in [-0.39, 0.29) is 23.7 Å². The zero-order valence-electron chi connectivity index (χ0n) is 22.2. The van der Waals surface area contributed by atoms with Gasteiger partial charge >= 0.3 is 0 Å². The van der Waals surface area contributed by atoms with Crippen molar-refractivity contribution in [3.8, 4) is 22.7 Å². The van der Waals surface area contributed by atoms with Gasteiger partial charge in [-0.25, -0.2) is 18.7 Å². The zero-order chi connectivity index (χ0) is 27.5. The van der Waals surface area contributed by atoms with Crippen molar-refractivity contribution >= 4 is 17.0 Å². The van der Waals surface area contributed by atoms with E-state index in [2.05, 4.69) is 15.2 Å². The van der Waals surface area contributed by atoms with E-state index in [1.807, 2.05) is 35.8 Å². The summed E-state index contributed by atoms with van der Waals surface area (Å²) < 4.78 is 42.6. The number of fused-ring (bicyclic) bond motifs is 1. The number of aryl methyl sites for hydroxylation is 2. The lowest BCUT2D eigenvalue weighted by molar-refractivity contribution is -0.0178. The molecule has 2 fully saturated rings. The van der Waals surface area contributed by atoms with Gasteiger partial charge in [0.1, 0.15) is 17.7 Å². The molecule has 1 saturated heterocycles. The van der Waals surface area contributed by atoms with Gasteiger partial charge in [0.15, 0.2) is 11.5 Å². The van der Waals surface area contributed by atoms with Gasteiger partial charge < -0.3 is 14.2 Å². The van der Waals surface area contributed by atoms with Gasteiger partial charge in [-0.1, -0.05) is 5.16 Å². The molecular weight excluding hydrogens is 518 g/mol. The Hall–Kier alpha value is -4.32. The van der Waals surface area contributed by atoms with Crippen LogP contribution in [0.3, 0.4) is 0 Å². The summed E-state index contributed by atoms with van der Waals surface area (Å²) in [6, 6.07) is 5.67. The van der Waals surface area contributed by atoms with Gasteiger partial charge in [0, 0.05) is 35.3 Å². The first-order valence-corrected chi connectivity index (χ1v) is 13.2. The van der Waals surface area contributed by atoms with Crippen molar-refractivity contribution in [2.45, 2.75) is 51.9 Å². The molecule has 40 heavy (non-hydrogen) atoms. The quantitative estimate of drug-likeness (QED) is 0.297. The molecule has 204 valence electrons. The summed E-state index contributed by atoms with van der Waals surface area (Å²) in [6.07, 6.45) is 5.83. The molecule has 5 aromatic rings. The van der Waals surface area contributed by atoms with Gasteiger partial charge in [0.25, 0.3) is 5.89 Å². The highest BCUT2D eigenvalue weighted by atomic mass is 19.1. The van der Waals surface area contributed by atoms with Gasteiger partial charge in [-0.3, -0.25) is 4.68 Å². The van der Waals surface area contributed by atoms with Crippen LogP contribution in [-0.2, 0) is 4.74 Å². The standard InChI is InChI=1S/C28H26F2N8O2/c1-14-11-37(13-24(39-14)17-10-31-38(12-17)19-5-6-19)28-34-25(20-7-4-18(29)8-23(20)30)22-9-21(15(2)32-26(22)35-28)27-33-16(3)36-40-27/h4,7-10,12,14,19,24H,5-6,11,13H2,1-3H3. The van der Waals surface area contributed by atoms with E-state index in [0.29, 0.717) is 58.9 Å². The first kappa shape index (κ1) is 24.7. The van der Waals surface area contributed by atoms with Crippen molar-refractivity contribution in [2.24, 2.45) is 0 Å². The van der Waals surface area contributed by atoms with Crippen molar-refractivity contribution in [3.05, 3.63) is 65.4 Å². The minimum Gasteiger partial charge on any atom is -0.367 e. The van der Waals surface area contributed by atoms with Gasteiger partial charge in [0.05, 0.1) is 41.8 Å². The molecule has 0 bridgehead atoms. The molecule has 7 rings (SSSR count). The Morgan fingerprint density at radius 3 is 2.58 bits per heavy atom. The fourth-order valence-corrected chi connectivity index (χ4v) is 5.14. The number of aromatic nitrogens is 7. The molecule has 1 aliphatic carbocycles. The van der Waals surface area contributed by atoms with Crippen LogP contribution in [0.2, 0.25) is 0 Å². The summed E-state index contributed by atoms with van der Waals surface area (Å²) in [4.78, 5) is 20.7. The largest absolute Gasteiger partial charge is 0.367 e. The summed E-state index contributed by atoms with van der Waals surface area (Å²) in [5, 5.41) is 8.88. The number of benzene rings is 1. The van der Waals surface area contributed by atoms with Gasteiger partial charge in [0.2, 0.25) is 5.95 Å². The van der Waals surface area contributed by atoms with Crippen LogP contribution in [0.15, 0.2) is 41.2 Å². The summed E-state index contributed by atoms with van der Waals surface area (Å²) in [5.41, 5.74) is 2.99. The Morgan fingerprint density at radius 2 is 1.82 bits per heavy atom. The number of hydrogen-bond donors (Lipinski definition) is 0. The van der Waals surface area contributed by atoms with E-state index in [0.717, 1.165) is 24.5 Å². The van der Waals surface area contributed by atoms with E-state index in [1.165, 1.54) is 12.1 Å². The summed E-state index contributed by atoms with van der Waals surface area (Å²) in [6.45, 7) is 6.54. The molecular formula is C28H26F2N8O2. The molecule has 2 unspecified atom stereocenters. The molecule has 2 atom stereocenters. The van der Waals surface area contributed by atoms with Gasteiger partial charge in [-0.15, -0.1) is 0 Å². The maximum absolute atomic E-state index is 15.2. The Kier molecular flexibility index (Phi) is 5.81. The summed E-state index contributed by atoms with van der Waals surface area (Å²) in [5.74, 6) is -0.260. The van der Waals surface area contributed by atoms with Crippen molar-refractivity contribution in [3.63, 3.8) is 0 Å². The summed E-state index contributed by atoms with van der Waals surface area (Å²) in [7, 11) is 0. The fourth-order valence-electron chi connectivity index (χ4n) is 5.14. The Balaban J connectivity index is 1.34. The number of rotatable bonds is 5. The van der Waals surface area contributed by atoms with Crippen LogP contribution in [0.5, 0.6) is 0 Å². The molecule has 1 aromatic carbocycles. The first-order chi connectivity index (χ1) is 19.3. The third kappa shape index (κ3) is 4.47. The van der Waals surface area contributed by atoms with Crippen LogP contribution >= 0.6 is 0 Å². The molecule has 1 saturated carbocycles. The Labute approximate surface area is 228 Å². The van der Waals surface area contributed by atoms with Crippen molar-refractivity contribution < 1.29 is 18.0 Å². The third-order valence-corrected chi connectivity index (χ3v) is 7.27. The van der Waals surface area contributed by atoms with Crippen LogP contribution in [0.1, 0.15) is 49.0 Å². The highest BCUT2D eigenvalue weighted by Gasteiger charge is 2.32. The molecule has 4 aromatic heterocycles. The topological polar surface area (TPSA) is 108 Å². The van der Waals surface area contributed by atoms with E-state index in [9.17, 15) is 4.39 Å². The molecule has 12 heteroatoms. The van der Waals surface area contributed by atoms with Crippen LogP contribution < -0.4 is 4.90 Å². The normalized spacial score (nSPS) is 19.5. The maximum Gasteiger partial charge on any atom is 0.259 e. The van der Waals surface area contributed by atoms with Crippen molar-refractivity contribution in [2.75, 3.05) is 18.0 Å². The molecule has 5 heterocycles. The second-order valence-electron chi connectivity index (χ2n) is 10.5. The predicted octanol–water partition coefficient (Wildman–Crippen LogP) is 5.13. The van der Waals surface area contributed by atoms with Gasteiger partial charge in [-0.05, 0) is 51.8 Å². The molecule has 1 aliphatic heterocycles. The summed E-state index contributed by atoms with van der Waals surface area (Å²) >= 11 is 0. The molecule has 0 N–H and O–H groups in total. The van der Waals surface area contributed by atoms with Crippen molar-refractivity contribution in [1.29, 1.82) is 0 Å². The minimum atomic E-state index is -0.734. The molecule has 10 nitrogen and oxygen atoms in total. The SMILES string of the molecule is Cc1noc(-c2cc3c(-c4ccc(F)cc4F)nc(N4CC(C)OC(c5cnn(C6CC6)c5)C4)nc3nc2C)n1. The maximum atomic E-state index is 15.2. The van der Waals surface area contributed by atoms with E-state index < -0.39 is 11.6 Å². The monoisotopic (exact) mass is 544 g/mol. The molecule has 0 spiro atoms. The number of ether oxygens (including phenoxy) is 1. The van der Waals surface area contributed by atoms with Crippen molar-refractivity contribution in [1.82, 2.24) is 34.9 Å². The van der Waals surface area contributed by atoms with Gasteiger partial charge in [-0.2, -0.15) is 15.1 Å². The average molecular weight is 545 g/mol. The van der Waals surface area contributed by atoms with E-state index in [1.54, 1.807) is 13.0 Å². The molecule has 0 radical (unpaired) electrons. The number of hydrogen-bond acceptors (Lipinski definition) is 9.